The zero-order chi connectivity index (χ0) is 12.1. The second-order valence-electron chi connectivity index (χ2n) is 3.86. The summed E-state index contributed by atoms with van der Waals surface area (Å²) in [4.78, 5) is 0. The van der Waals surface area contributed by atoms with Crippen molar-refractivity contribution in [3.8, 4) is 0 Å². The fourth-order valence-electron chi connectivity index (χ4n) is 1.55. The lowest BCUT2D eigenvalue weighted by molar-refractivity contribution is 0.107. The third kappa shape index (κ3) is 3.77. The van der Waals surface area contributed by atoms with Gasteiger partial charge in [-0.2, -0.15) is 0 Å². The molecule has 0 spiro atoms. The molecule has 0 fully saturated rings. The summed E-state index contributed by atoms with van der Waals surface area (Å²) in [6.45, 7) is 1.14. The van der Waals surface area contributed by atoms with Crippen LogP contribution < -0.4 is 5.73 Å². The minimum Gasteiger partial charge on any atom is -0.399 e. The maximum absolute atomic E-state index is 5.80. The van der Waals surface area contributed by atoms with Gasteiger partial charge in [-0.3, -0.25) is 0 Å². The number of hydrogen-bond donors (Lipinski definition) is 1. The molecule has 0 bridgehead atoms. The standard InChI is InChI=1S/C14H14ClNO/c15-13-6-4-11(5-7-13)9-17-10-12-2-1-3-14(16)8-12/h1-8H,9-10,16H2. The van der Waals surface area contributed by atoms with Crippen LogP contribution in [-0.4, -0.2) is 0 Å². The molecule has 0 amide bonds. The van der Waals surface area contributed by atoms with Gasteiger partial charge in [0.25, 0.3) is 0 Å². The van der Waals surface area contributed by atoms with E-state index in [1.54, 1.807) is 0 Å². The summed E-state index contributed by atoms with van der Waals surface area (Å²) < 4.78 is 5.60. The van der Waals surface area contributed by atoms with Gasteiger partial charge in [0.15, 0.2) is 0 Å². The SMILES string of the molecule is Nc1cccc(COCc2ccc(Cl)cc2)c1. The molecule has 2 aromatic rings. The second-order valence-corrected chi connectivity index (χ2v) is 4.30. The molecular weight excluding hydrogens is 234 g/mol. The van der Waals surface area contributed by atoms with E-state index in [9.17, 15) is 0 Å². The monoisotopic (exact) mass is 247 g/mol. The van der Waals surface area contributed by atoms with Gasteiger partial charge in [0.2, 0.25) is 0 Å². The summed E-state index contributed by atoms with van der Waals surface area (Å²) in [6, 6.07) is 15.4. The van der Waals surface area contributed by atoms with Crippen molar-refractivity contribution in [3.05, 3.63) is 64.7 Å². The normalized spacial score (nSPS) is 10.4. The largest absolute Gasteiger partial charge is 0.399 e. The van der Waals surface area contributed by atoms with E-state index >= 15 is 0 Å². The highest BCUT2D eigenvalue weighted by Crippen LogP contribution is 2.12. The summed E-state index contributed by atoms with van der Waals surface area (Å²) >= 11 is 5.80. The number of nitrogen functional groups attached to an aromatic ring is 1. The molecule has 0 unspecified atom stereocenters. The minimum atomic E-state index is 0.563. The van der Waals surface area contributed by atoms with Gasteiger partial charge in [-0.25, -0.2) is 0 Å². The molecule has 17 heavy (non-hydrogen) atoms. The fraction of sp³-hybridized carbons (Fsp3) is 0.143. The smallest absolute Gasteiger partial charge is 0.0722 e. The number of benzene rings is 2. The van der Waals surface area contributed by atoms with Crippen molar-refractivity contribution < 1.29 is 4.74 Å². The Morgan fingerprint density at radius 2 is 1.65 bits per heavy atom. The Bertz CT molecular complexity index is 482. The Kier molecular flexibility index (Phi) is 4.02. The molecule has 0 saturated carbocycles. The quantitative estimate of drug-likeness (QED) is 0.838. The summed E-state index contributed by atoms with van der Waals surface area (Å²) in [7, 11) is 0. The van der Waals surface area contributed by atoms with Gasteiger partial charge < -0.3 is 10.5 Å². The average molecular weight is 248 g/mol. The highest BCUT2D eigenvalue weighted by atomic mass is 35.5. The molecule has 0 aliphatic carbocycles. The van der Waals surface area contributed by atoms with Crippen LogP contribution in [0.1, 0.15) is 11.1 Å². The zero-order valence-electron chi connectivity index (χ0n) is 9.40. The van der Waals surface area contributed by atoms with E-state index in [2.05, 4.69) is 0 Å². The van der Waals surface area contributed by atoms with Gasteiger partial charge in [0.1, 0.15) is 0 Å². The van der Waals surface area contributed by atoms with Crippen LogP contribution in [0.25, 0.3) is 0 Å². The molecule has 2 aromatic carbocycles. The van der Waals surface area contributed by atoms with Crippen LogP contribution in [-0.2, 0) is 18.0 Å². The number of anilines is 1. The Balaban J connectivity index is 1.85. The molecule has 0 aromatic heterocycles. The maximum Gasteiger partial charge on any atom is 0.0722 e. The van der Waals surface area contributed by atoms with Crippen LogP contribution in [0, 0.1) is 0 Å². The average Bonchev–Trinajstić information content (AvgIpc) is 2.32. The first-order valence-electron chi connectivity index (χ1n) is 5.40. The van der Waals surface area contributed by atoms with Crippen LogP contribution in [0.4, 0.5) is 5.69 Å². The van der Waals surface area contributed by atoms with Crippen LogP contribution in [0.2, 0.25) is 5.02 Å². The Morgan fingerprint density at radius 1 is 0.941 bits per heavy atom. The number of nitrogens with two attached hydrogens (primary N) is 1. The van der Waals surface area contributed by atoms with Gasteiger partial charge in [-0.1, -0.05) is 35.9 Å². The Labute approximate surface area is 106 Å². The van der Waals surface area contributed by atoms with Crippen molar-refractivity contribution in [2.45, 2.75) is 13.2 Å². The molecule has 3 heteroatoms. The molecule has 0 atom stereocenters. The van der Waals surface area contributed by atoms with Gasteiger partial charge in [-0.15, -0.1) is 0 Å². The molecule has 0 saturated heterocycles. The lowest BCUT2D eigenvalue weighted by Crippen LogP contribution is -1.95. The van der Waals surface area contributed by atoms with Crippen LogP contribution in [0.3, 0.4) is 0 Å². The van der Waals surface area contributed by atoms with E-state index in [4.69, 9.17) is 22.1 Å². The molecule has 0 radical (unpaired) electrons. The molecule has 2 N–H and O–H groups in total. The van der Waals surface area contributed by atoms with Crippen LogP contribution >= 0.6 is 11.6 Å². The van der Waals surface area contributed by atoms with Crippen molar-refractivity contribution in [2.75, 3.05) is 5.73 Å². The van der Waals surface area contributed by atoms with E-state index in [1.807, 2.05) is 48.5 Å². The Hall–Kier alpha value is -1.51. The molecular formula is C14H14ClNO. The summed E-state index contributed by atoms with van der Waals surface area (Å²) in [5.74, 6) is 0. The highest BCUT2D eigenvalue weighted by molar-refractivity contribution is 6.30. The topological polar surface area (TPSA) is 35.2 Å². The number of hydrogen-bond acceptors (Lipinski definition) is 2. The van der Waals surface area contributed by atoms with E-state index in [0.717, 1.165) is 21.8 Å². The van der Waals surface area contributed by atoms with E-state index < -0.39 is 0 Å². The number of rotatable bonds is 4. The first kappa shape index (κ1) is 12.0. The maximum atomic E-state index is 5.80. The van der Waals surface area contributed by atoms with E-state index in [0.29, 0.717) is 13.2 Å². The molecule has 2 rings (SSSR count). The van der Waals surface area contributed by atoms with Crippen LogP contribution in [0.5, 0.6) is 0 Å². The zero-order valence-corrected chi connectivity index (χ0v) is 10.2. The first-order chi connectivity index (χ1) is 8.24. The second kappa shape index (κ2) is 5.71. The lowest BCUT2D eigenvalue weighted by atomic mass is 10.2. The summed E-state index contributed by atoms with van der Waals surface area (Å²) in [5, 5.41) is 0.740. The minimum absolute atomic E-state index is 0.563. The van der Waals surface area contributed by atoms with Gasteiger partial charge >= 0.3 is 0 Å². The Morgan fingerprint density at radius 3 is 2.35 bits per heavy atom. The highest BCUT2D eigenvalue weighted by Gasteiger charge is 1.96. The van der Waals surface area contributed by atoms with Gasteiger partial charge in [0.05, 0.1) is 13.2 Å². The lowest BCUT2D eigenvalue weighted by Gasteiger charge is -2.05. The molecule has 2 nitrogen and oxygen atoms in total. The molecule has 0 aliphatic rings. The predicted molar refractivity (Wildman–Crippen MR) is 70.8 cm³/mol. The third-order valence-electron chi connectivity index (χ3n) is 2.40. The third-order valence-corrected chi connectivity index (χ3v) is 2.65. The predicted octanol–water partition coefficient (Wildman–Crippen LogP) is 3.64. The number of halogens is 1. The number of ether oxygens (including phenoxy) is 1. The fourth-order valence-corrected chi connectivity index (χ4v) is 1.68. The van der Waals surface area contributed by atoms with Crippen LogP contribution in [0.15, 0.2) is 48.5 Å². The summed E-state index contributed by atoms with van der Waals surface area (Å²) in [5.41, 5.74) is 8.64. The van der Waals surface area contributed by atoms with Crippen molar-refractivity contribution in [3.63, 3.8) is 0 Å². The molecule has 88 valence electrons. The molecule has 0 heterocycles. The van der Waals surface area contributed by atoms with Crippen molar-refractivity contribution in [1.82, 2.24) is 0 Å². The van der Waals surface area contributed by atoms with Gasteiger partial charge in [0, 0.05) is 10.7 Å². The van der Waals surface area contributed by atoms with E-state index in [1.165, 1.54) is 0 Å². The molecule has 0 aliphatic heterocycles. The van der Waals surface area contributed by atoms with Crippen molar-refractivity contribution >= 4 is 17.3 Å². The van der Waals surface area contributed by atoms with Crippen molar-refractivity contribution in [2.24, 2.45) is 0 Å². The van der Waals surface area contributed by atoms with Crippen molar-refractivity contribution in [1.29, 1.82) is 0 Å². The summed E-state index contributed by atoms with van der Waals surface area (Å²) in [6.07, 6.45) is 0. The van der Waals surface area contributed by atoms with E-state index in [-0.39, 0.29) is 0 Å². The first-order valence-corrected chi connectivity index (χ1v) is 5.78. The van der Waals surface area contributed by atoms with Gasteiger partial charge in [-0.05, 0) is 35.4 Å².